The summed E-state index contributed by atoms with van der Waals surface area (Å²) in [6, 6.07) is 13.6. The lowest BCUT2D eigenvalue weighted by Gasteiger charge is -2.06. The summed E-state index contributed by atoms with van der Waals surface area (Å²) in [5, 5.41) is 6.87. The monoisotopic (exact) mass is 399 g/mol. The van der Waals surface area contributed by atoms with E-state index in [0.717, 1.165) is 26.9 Å². The third-order valence-electron chi connectivity index (χ3n) is 3.64. The van der Waals surface area contributed by atoms with Gasteiger partial charge in [-0.05, 0) is 61.4 Å². The van der Waals surface area contributed by atoms with Crippen LogP contribution in [0.4, 0.5) is 5.69 Å². The second kappa shape index (κ2) is 7.61. The molecule has 0 unspecified atom stereocenters. The van der Waals surface area contributed by atoms with Gasteiger partial charge < -0.3 is 9.84 Å². The number of nitrogens with zero attached hydrogens (tertiary/aromatic N) is 2. The third-order valence-corrected chi connectivity index (χ3v) is 4.17. The van der Waals surface area contributed by atoms with E-state index in [4.69, 9.17) is 4.52 Å². The first-order chi connectivity index (χ1) is 12.0. The van der Waals surface area contributed by atoms with E-state index in [1.807, 2.05) is 50.2 Å². The van der Waals surface area contributed by atoms with Gasteiger partial charge in [0.05, 0.1) is 0 Å². The van der Waals surface area contributed by atoms with Crippen LogP contribution in [0.25, 0.3) is 11.4 Å². The van der Waals surface area contributed by atoms with Crippen molar-refractivity contribution < 1.29 is 9.32 Å². The van der Waals surface area contributed by atoms with Crippen LogP contribution >= 0.6 is 15.9 Å². The summed E-state index contributed by atoms with van der Waals surface area (Å²) in [5.74, 6) is 0.902. The molecule has 1 N–H and O–H groups in total. The molecule has 128 valence electrons. The van der Waals surface area contributed by atoms with Gasteiger partial charge in [0.1, 0.15) is 0 Å². The molecule has 1 aromatic heterocycles. The quantitative estimate of drug-likeness (QED) is 0.675. The largest absolute Gasteiger partial charge is 0.339 e. The Labute approximate surface area is 154 Å². The average molecular weight is 400 g/mol. The first kappa shape index (κ1) is 17.4. The van der Waals surface area contributed by atoms with Crippen LogP contribution in [0.5, 0.6) is 0 Å². The maximum Gasteiger partial charge on any atom is 0.227 e. The summed E-state index contributed by atoms with van der Waals surface area (Å²) < 4.78 is 6.22. The molecule has 1 heterocycles. The molecule has 5 nitrogen and oxygen atoms in total. The highest BCUT2D eigenvalue weighted by molar-refractivity contribution is 9.10. The van der Waals surface area contributed by atoms with Crippen LogP contribution in [0.3, 0.4) is 0 Å². The van der Waals surface area contributed by atoms with Gasteiger partial charge in [0.15, 0.2) is 0 Å². The van der Waals surface area contributed by atoms with Crippen molar-refractivity contribution in [3.8, 4) is 11.4 Å². The molecular weight excluding hydrogens is 382 g/mol. The number of hydrogen-bond donors (Lipinski definition) is 1. The van der Waals surface area contributed by atoms with Crippen molar-refractivity contribution in [3.05, 3.63) is 64.0 Å². The minimum atomic E-state index is -0.0756. The first-order valence-corrected chi connectivity index (χ1v) is 8.75. The molecule has 0 radical (unpaired) electrons. The molecule has 0 atom stereocenters. The molecule has 3 aromatic rings. The standard InChI is InChI=1S/C19H18BrN3O2/c1-12-9-13(2)11-16(10-12)21-17(24)7-8-18-22-19(23-25-18)14-3-5-15(20)6-4-14/h3-6,9-11H,7-8H2,1-2H3,(H,21,24). The fourth-order valence-electron chi connectivity index (χ4n) is 2.56. The van der Waals surface area contributed by atoms with E-state index >= 15 is 0 Å². The minimum absolute atomic E-state index is 0.0756. The number of carbonyl (C=O) groups excluding carboxylic acids is 1. The lowest BCUT2D eigenvalue weighted by atomic mass is 10.1. The van der Waals surface area contributed by atoms with Gasteiger partial charge in [0.2, 0.25) is 17.6 Å². The van der Waals surface area contributed by atoms with E-state index in [2.05, 4.69) is 37.5 Å². The number of aromatic nitrogens is 2. The predicted molar refractivity (Wildman–Crippen MR) is 100 cm³/mol. The Bertz CT molecular complexity index is 868. The molecule has 0 aliphatic carbocycles. The zero-order valence-corrected chi connectivity index (χ0v) is 15.6. The van der Waals surface area contributed by atoms with Crippen molar-refractivity contribution in [1.29, 1.82) is 0 Å². The maximum absolute atomic E-state index is 12.1. The van der Waals surface area contributed by atoms with Crippen LogP contribution in [-0.4, -0.2) is 16.0 Å². The molecule has 6 heteroatoms. The summed E-state index contributed by atoms with van der Waals surface area (Å²) >= 11 is 3.39. The Morgan fingerprint density at radius 2 is 1.80 bits per heavy atom. The second-order valence-corrected chi connectivity index (χ2v) is 6.86. The van der Waals surface area contributed by atoms with Crippen LogP contribution in [0.1, 0.15) is 23.4 Å². The third kappa shape index (κ3) is 4.76. The molecule has 0 saturated carbocycles. The van der Waals surface area contributed by atoms with E-state index in [1.54, 1.807) is 0 Å². The number of rotatable bonds is 5. The lowest BCUT2D eigenvalue weighted by molar-refractivity contribution is -0.116. The van der Waals surface area contributed by atoms with Gasteiger partial charge in [-0.3, -0.25) is 4.79 Å². The molecular formula is C19H18BrN3O2. The number of amides is 1. The molecule has 2 aromatic carbocycles. The zero-order valence-electron chi connectivity index (χ0n) is 14.0. The Balaban J connectivity index is 1.58. The summed E-state index contributed by atoms with van der Waals surface area (Å²) in [7, 11) is 0. The fraction of sp³-hybridized carbons (Fsp3) is 0.211. The van der Waals surface area contributed by atoms with Gasteiger partial charge in [0.25, 0.3) is 0 Å². The summed E-state index contributed by atoms with van der Waals surface area (Å²) in [6.45, 7) is 4.01. The molecule has 0 fully saturated rings. The van der Waals surface area contributed by atoms with E-state index in [9.17, 15) is 4.79 Å². The summed E-state index contributed by atoms with van der Waals surface area (Å²) in [5.41, 5.74) is 3.92. The van der Waals surface area contributed by atoms with Crippen molar-refractivity contribution in [2.45, 2.75) is 26.7 Å². The Hall–Kier alpha value is -2.47. The highest BCUT2D eigenvalue weighted by Gasteiger charge is 2.11. The van der Waals surface area contributed by atoms with Crippen molar-refractivity contribution >= 4 is 27.5 Å². The van der Waals surface area contributed by atoms with Gasteiger partial charge in [-0.25, -0.2) is 0 Å². The predicted octanol–water partition coefficient (Wildman–Crippen LogP) is 4.69. The second-order valence-electron chi connectivity index (χ2n) is 5.94. The van der Waals surface area contributed by atoms with Crippen LogP contribution in [0.2, 0.25) is 0 Å². The van der Waals surface area contributed by atoms with Gasteiger partial charge >= 0.3 is 0 Å². The smallest absolute Gasteiger partial charge is 0.227 e. The van der Waals surface area contributed by atoms with E-state index < -0.39 is 0 Å². The average Bonchev–Trinajstić information content (AvgIpc) is 3.01. The Morgan fingerprint density at radius 1 is 1.12 bits per heavy atom. The number of halogens is 1. The topological polar surface area (TPSA) is 68.0 Å². The zero-order chi connectivity index (χ0) is 17.8. The first-order valence-electron chi connectivity index (χ1n) is 7.96. The van der Waals surface area contributed by atoms with E-state index in [-0.39, 0.29) is 12.3 Å². The van der Waals surface area contributed by atoms with Gasteiger partial charge in [-0.2, -0.15) is 4.98 Å². The van der Waals surface area contributed by atoms with Crippen LogP contribution in [0.15, 0.2) is 51.5 Å². The number of hydrogen-bond acceptors (Lipinski definition) is 4. The summed E-state index contributed by atoms with van der Waals surface area (Å²) in [4.78, 5) is 16.5. The molecule has 0 aliphatic rings. The minimum Gasteiger partial charge on any atom is -0.339 e. The molecule has 0 aliphatic heterocycles. The molecule has 0 saturated heterocycles. The molecule has 3 rings (SSSR count). The van der Waals surface area contributed by atoms with Gasteiger partial charge in [-0.15, -0.1) is 0 Å². The van der Waals surface area contributed by atoms with Crippen molar-refractivity contribution in [1.82, 2.24) is 10.1 Å². The van der Waals surface area contributed by atoms with E-state index in [0.29, 0.717) is 18.1 Å². The number of anilines is 1. The number of nitrogens with one attached hydrogen (secondary N) is 1. The van der Waals surface area contributed by atoms with Crippen LogP contribution < -0.4 is 5.32 Å². The Kier molecular flexibility index (Phi) is 5.28. The fourth-order valence-corrected chi connectivity index (χ4v) is 2.83. The van der Waals surface area contributed by atoms with E-state index in [1.165, 1.54) is 0 Å². The maximum atomic E-state index is 12.1. The molecule has 0 spiro atoms. The lowest BCUT2D eigenvalue weighted by Crippen LogP contribution is -2.12. The van der Waals surface area contributed by atoms with Crippen molar-refractivity contribution in [2.75, 3.05) is 5.32 Å². The van der Waals surface area contributed by atoms with Crippen molar-refractivity contribution in [3.63, 3.8) is 0 Å². The highest BCUT2D eigenvalue weighted by atomic mass is 79.9. The Morgan fingerprint density at radius 3 is 2.48 bits per heavy atom. The normalized spacial score (nSPS) is 10.7. The van der Waals surface area contributed by atoms with Crippen molar-refractivity contribution in [2.24, 2.45) is 0 Å². The highest BCUT2D eigenvalue weighted by Crippen LogP contribution is 2.19. The van der Waals surface area contributed by atoms with Gasteiger partial charge in [0, 0.05) is 28.6 Å². The number of benzene rings is 2. The van der Waals surface area contributed by atoms with Crippen LogP contribution in [0, 0.1) is 13.8 Å². The van der Waals surface area contributed by atoms with Crippen LogP contribution in [-0.2, 0) is 11.2 Å². The summed E-state index contributed by atoms with van der Waals surface area (Å²) in [6.07, 6.45) is 0.690. The number of aryl methyl sites for hydroxylation is 3. The molecule has 25 heavy (non-hydrogen) atoms. The molecule has 0 bridgehead atoms. The SMILES string of the molecule is Cc1cc(C)cc(NC(=O)CCc2nc(-c3ccc(Br)cc3)no2)c1. The molecule has 1 amide bonds. The van der Waals surface area contributed by atoms with Gasteiger partial charge in [-0.1, -0.05) is 27.2 Å². The number of carbonyl (C=O) groups is 1.